The molecule has 1 fully saturated rings. The largest absolute Gasteiger partial charge is 0.347 e. The molecule has 2 aromatic heterocycles. The fourth-order valence-corrected chi connectivity index (χ4v) is 4.72. The number of aromatic nitrogens is 3. The SMILES string of the molecule is CCCc1cc(=O)n2nc(N(C)C3CCC(CCC)CC3)sc2n1. The fourth-order valence-electron chi connectivity index (χ4n) is 3.76. The van der Waals surface area contributed by atoms with E-state index in [0.717, 1.165) is 29.6 Å². The predicted molar refractivity (Wildman–Crippen MR) is 100 cm³/mol. The van der Waals surface area contributed by atoms with E-state index >= 15 is 0 Å². The van der Waals surface area contributed by atoms with Crippen molar-refractivity contribution in [3.63, 3.8) is 0 Å². The zero-order valence-electron chi connectivity index (χ0n) is 15.0. The van der Waals surface area contributed by atoms with Crippen LogP contribution in [0.5, 0.6) is 0 Å². The van der Waals surface area contributed by atoms with Crippen molar-refractivity contribution in [3.8, 4) is 0 Å². The molecule has 2 aromatic rings. The summed E-state index contributed by atoms with van der Waals surface area (Å²) >= 11 is 1.53. The Balaban J connectivity index is 1.77. The molecule has 6 heteroatoms. The first-order valence-electron chi connectivity index (χ1n) is 9.25. The van der Waals surface area contributed by atoms with Gasteiger partial charge in [-0.05, 0) is 38.0 Å². The van der Waals surface area contributed by atoms with Crippen molar-refractivity contribution in [2.45, 2.75) is 71.3 Å². The van der Waals surface area contributed by atoms with Crippen LogP contribution in [0.25, 0.3) is 4.96 Å². The molecule has 0 amide bonds. The third kappa shape index (κ3) is 3.63. The molecular formula is C18H28N4OS. The highest BCUT2D eigenvalue weighted by Gasteiger charge is 2.25. The van der Waals surface area contributed by atoms with Crippen LogP contribution in [0.15, 0.2) is 10.9 Å². The summed E-state index contributed by atoms with van der Waals surface area (Å²) in [5.74, 6) is 0.899. The minimum atomic E-state index is -0.0639. The van der Waals surface area contributed by atoms with Crippen molar-refractivity contribution in [2.75, 3.05) is 11.9 Å². The number of fused-ring (bicyclic) bond motifs is 1. The molecule has 0 unspecified atom stereocenters. The van der Waals surface area contributed by atoms with Crippen LogP contribution in [0.4, 0.5) is 5.13 Å². The molecule has 0 radical (unpaired) electrons. The highest BCUT2D eigenvalue weighted by Crippen LogP contribution is 2.33. The van der Waals surface area contributed by atoms with E-state index in [0.29, 0.717) is 11.0 Å². The van der Waals surface area contributed by atoms with Crippen molar-refractivity contribution in [2.24, 2.45) is 5.92 Å². The zero-order valence-corrected chi connectivity index (χ0v) is 15.8. The molecule has 132 valence electrons. The maximum atomic E-state index is 12.3. The number of hydrogen-bond donors (Lipinski definition) is 0. The van der Waals surface area contributed by atoms with Crippen LogP contribution in [-0.2, 0) is 6.42 Å². The van der Waals surface area contributed by atoms with E-state index in [1.165, 1.54) is 54.4 Å². The van der Waals surface area contributed by atoms with Crippen LogP contribution >= 0.6 is 11.3 Å². The third-order valence-corrected chi connectivity index (χ3v) is 6.16. The molecule has 0 atom stereocenters. The molecule has 2 heterocycles. The zero-order chi connectivity index (χ0) is 17.1. The van der Waals surface area contributed by atoms with E-state index in [4.69, 9.17) is 0 Å². The monoisotopic (exact) mass is 348 g/mol. The van der Waals surface area contributed by atoms with Gasteiger partial charge in [0.25, 0.3) is 5.56 Å². The Morgan fingerprint density at radius 1 is 1.25 bits per heavy atom. The normalized spacial score (nSPS) is 21.3. The molecule has 1 aliphatic carbocycles. The number of aryl methyl sites for hydroxylation is 1. The molecule has 3 rings (SSSR count). The van der Waals surface area contributed by atoms with Crippen molar-refractivity contribution in [1.29, 1.82) is 0 Å². The molecule has 0 saturated heterocycles. The summed E-state index contributed by atoms with van der Waals surface area (Å²) in [5, 5.41) is 5.44. The lowest BCUT2D eigenvalue weighted by Crippen LogP contribution is -2.35. The minimum Gasteiger partial charge on any atom is -0.347 e. The summed E-state index contributed by atoms with van der Waals surface area (Å²) in [7, 11) is 2.11. The van der Waals surface area contributed by atoms with E-state index in [2.05, 4.69) is 35.9 Å². The van der Waals surface area contributed by atoms with E-state index in [1.54, 1.807) is 6.07 Å². The third-order valence-electron chi connectivity index (χ3n) is 5.16. The number of rotatable bonds is 6. The lowest BCUT2D eigenvalue weighted by atomic mass is 9.83. The standard InChI is InChI=1S/C18H28N4OS/c1-4-6-13-8-10-15(11-9-13)21(3)18-20-22-16(23)12-14(7-5-2)19-17(22)24-18/h12-13,15H,4-11H2,1-3H3. The average molecular weight is 349 g/mol. The summed E-state index contributed by atoms with van der Waals surface area (Å²) in [6.07, 6.45) is 9.56. The first kappa shape index (κ1) is 17.4. The lowest BCUT2D eigenvalue weighted by Gasteiger charge is -2.34. The summed E-state index contributed by atoms with van der Waals surface area (Å²) in [4.78, 5) is 19.8. The Bertz CT molecular complexity index is 730. The summed E-state index contributed by atoms with van der Waals surface area (Å²) in [6, 6.07) is 2.15. The van der Waals surface area contributed by atoms with Gasteiger partial charge in [-0.25, -0.2) is 4.98 Å². The lowest BCUT2D eigenvalue weighted by molar-refractivity contribution is 0.303. The van der Waals surface area contributed by atoms with Crippen LogP contribution < -0.4 is 10.5 Å². The molecule has 1 aliphatic rings. The Labute approximate surface area is 147 Å². The highest BCUT2D eigenvalue weighted by atomic mass is 32.1. The van der Waals surface area contributed by atoms with Gasteiger partial charge >= 0.3 is 0 Å². The first-order chi connectivity index (χ1) is 11.6. The van der Waals surface area contributed by atoms with Crippen molar-refractivity contribution < 1.29 is 0 Å². The Morgan fingerprint density at radius 3 is 2.67 bits per heavy atom. The van der Waals surface area contributed by atoms with Gasteiger partial charge in [-0.3, -0.25) is 4.79 Å². The Kier molecular flexibility index (Phi) is 5.54. The second-order valence-corrected chi connectivity index (χ2v) is 7.92. The van der Waals surface area contributed by atoms with Crippen molar-refractivity contribution >= 4 is 21.4 Å². The molecule has 1 saturated carbocycles. The molecule has 0 aliphatic heterocycles. The van der Waals surface area contributed by atoms with Gasteiger partial charge in [0.2, 0.25) is 10.1 Å². The second kappa shape index (κ2) is 7.64. The highest BCUT2D eigenvalue weighted by molar-refractivity contribution is 7.20. The van der Waals surface area contributed by atoms with Crippen molar-refractivity contribution in [3.05, 3.63) is 22.1 Å². The summed E-state index contributed by atoms with van der Waals surface area (Å²) in [6.45, 7) is 4.38. The van der Waals surface area contributed by atoms with Gasteiger partial charge in [0.05, 0.1) is 0 Å². The number of hydrogen-bond acceptors (Lipinski definition) is 5. The van der Waals surface area contributed by atoms with Gasteiger partial charge in [-0.15, -0.1) is 5.10 Å². The maximum Gasteiger partial charge on any atom is 0.275 e. The number of nitrogens with zero attached hydrogens (tertiary/aromatic N) is 4. The molecular weight excluding hydrogens is 320 g/mol. The molecule has 0 aromatic carbocycles. The molecule has 5 nitrogen and oxygen atoms in total. The molecule has 0 bridgehead atoms. The van der Waals surface area contributed by atoms with E-state index in [1.807, 2.05) is 0 Å². The van der Waals surface area contributed by atoms with Gasteiger partial charge < -0.3 is 4.90 Å². The van der Waals surface area contributed by atoms with Gasteiger partial charge in [-0.2, -0.15) is 4.52 Å². The molecule has 0 spiro atoms. The Morgan fingerprint density at radius 2 is 2.00 bits per heavy atom. The van der Waals surface area contributed by atoms with Crippen LogP contribution in [0.1, 0.15) is 64.5 Å². The molecule has 24 heavy (non-hydrogen) atoms. The number of anilines is 1. The van der Waals surface area contributed by atoms with Crippen LogP contribution in [0.2, 0.25) is 0 Å². The Hall–Kier alpha value is -1.43. The summed E-state index contributed by atoms with van der Waals surface area (Å²) < 4.78 is 1.46. The fraction of sp³-hybridized carbons (Fsp3) is 0.722. The van der Waals surface area contributed by atoms with Crippen molar-refractivity contribution in [1.82, 2.24) is 14.6 Å². The van der Waals surface area contributed by atoms with Gasteiger partial charge in [0, 0.05) is 24.8 Å². The smallest absolute Gasteiger partial charge is 0.275 e. The maximum absolute atomic E-state index is 12.3. The quantitative estimate of drug-likeness (QED) is 0.794. The second-order valence-electron chi connectivity index (χ2n) is 6.99. The average Bonchev–Trinajstić information content (AvgIpc) is 3.00. The minimum absolute atomic E-state index is 0.0639. The van der Waals surface area contributed by atoms with Crippen LogP contribution in [0.3, 0.4) is 0 Å². The predicted octanol–water partition coefficient (Wildman–Crippen LogP) is 3.90. The van der Waals surface area contributed by atoms with E-state index in [9.17, 15) is 4.79 Å². The van der Waals surface area contributed by atoms with Gasteiger partial charge in [0.15, 0.2) is 0 Å². The van der Waals surface area contributed by atoms with E-state index < -0.39 is 0 Å². The summed E-state index contributed by atoms with van der Waals surface area (Å²) in [5.41, 5.74) is 0.812. The van der Waals surface area contributed by atoms with Crippen LogP contribution in [0, 0.1) is 5.92 Å². The van der Waals surface area contributed by atoms with Gasteiger partial charge in [0.1, 0.15) is 0 Å². The van der Waals surface area contributed by atoms with E-state index in [-0.39, 0.29) is 5.56 Å². The molecule has 0 N–H and O–H groups in total. The van der Waals surface area contributed by atoms with Crippen LogP contribution in [-0.4, -0.2) is 27.7 Å². The topological polar surface area (TPSA) is 50.5 Å². The van der Waals surface area contributed by atoms with Gasteiger partial charge in [-0.1, -0.05) is 44.4 Å². The first-order valence-corrected chi connectivity index (χ1v) is 10.1.